The summed E-state index contributed by atoms with van der Waals surface area (Å²) < 4.78 is 5.36. The third-order valence-electron chi connectivity index (χ3n) is 3.29. The Kier molecular flexibility index (Phi) is 2.07. The van der Waals surface area contributed by atoms with E-state index in [4.69, 9.17) is 10.3 Å². The lowest BCUT2D eigenvalue weighted by Crippen LogP contribution is -2.11. The summed E-state index contributed by atoms with van der Waals surface area (Å²) in [5, 5.41) is 3.98. The number of aryl methyl sites for hydroxylation is 2. The van der Waals surface area contributed by atoms with E-state index in [0.717, 1.165) is 41.8 Å². The lowest BCUT2D eigenvalue weighted by molar-refractivity contribution is 0.100. The molecule has 0 radical (unpaired) electrons. The first-order valence-electron chi connectivity index (χ1n) is 5.64. The molecule has 0 saturated carbocycles. The summed E-state index contributed by atoms with van der Waals surface area (Å²) >= 11 is 0. The molecule has 2 heterocycles. The van der Waals surface area contributed by atoms with Crippen molar-refractivity contribution < 1.29 is 9.32 Å². The van der Waals surface area contributed by atoms with Gasteiger partial charge >= 0.3 is 0 Å². The summed E-state index contributed by atoms with van der Waals surface area (Å²) in [4.78, 5) is 14.5. The molecule has 0 bridgehead atoms. The molecule has 0 atom stereocenters. The molecule has 2 aromatic heterocycles. The Morgan fingerprint density at radius 3 is 3.12 bits per heavy atom. The zero-order valence-corrected chi connectivity index (χ0v) is 9.54. The van der Waals surface area contributed by atoms with E-state index in [1.54, 1.807) is 6.20 Å². The van der Waals surface area contributed by atoms with Crippen LogP contribution >= 0.6 is 0 Å². The molecule has 3 N–H and O–H groups in total. The number of H-pyrrole nitrogens is 1. The predicted octanol–water partition coefficient (Wildman–Crippen LogP) is 1.57. The molecule has 5 heteroatoms. The van der Waals surface area contributed by atoms with Crippen LogP contribution in [-0.4, -0.2) is 16.0 Å². The van der Waals surface area contributed by atoms with Crippen molar-refractivity contribution in [2.45, 2.75) is 26.2 Å². The summed E-state index contributed by atoms with van der Waals surface area (Å²) in [6.45, 7) is 1.92. The Morgan fingerprint density at radius 2 is 2.35 bits per heavy atom. The molecule has 0 aliphatic heterocycles. The molecule has 88 valence electrons. The van der Waals surface area contributed by atoms with Crippen molar-refractivity contribution in [1.82, 2.24) is 10.1 Å². The highest BCUT2D eigenvalue weighted by Crippen LogP contribution is 2.36. The number of hydrogen-bond acceptors (Lipinski definition) is 3. The zero-order valence-electron chi connectivity index (χ0n) is 9.54. The van der Waals surface area contributed by atoms with Crippen LogP contribution in [-0.2, 0) is 12.8 Å². The van der Waals surface area contributed by atoms with Crippen LogP contribution in [0.2, 0.25) is 0 Å². The number of aromatic amines is 1. The number of nitrogens with two attached hydrogens (primary N) is 1. The van der Waals surface area contributed by atoms with Gasteiger partial charge in [-0.3, -0.25) is 4.79 Å². The molecule has 0 aromatic carbocycles. The van der Waals surface area contributed by atoms with Crippen LogP contribution in [0.1, 0.15) is 33.7 Å². The smallest absolute Gasteiger partial charge is 0.250 e. The summed E-state index contributed by atoms with van der Waals surface area (Å²) in [7, 11) is 0. The summed E-state index contributed by atoms with van der Waals surface area (Å²) in [6.07, 6.45) is 4.48. The third-order valence-corrected chi connectivity index (χ3v) is 3.29. The molecular weight excluding hydrogens is 218 g/mol. The van der Waals surface area contributed by atoms with Gasteiger partial charge in [-0.1, -0.05) is 5.16 Å². The standard InChI is InChI=1S/C12H13N3O2/c1-6-7-3-2-4-9-10(11(7)17-15-6)8(5-14-9)12(13)16/h5,14H,2-4H2,1H3,(H2,13,16). The van der Waals surface area contributed by atoms with E-state index in [2.05, 4.69) is 10.1 Å². The fourth-order valence-electron chi connectivity index (χ4n) is 2.44. The second-order valence-corrected chi connectivity index (χ2v) is 4.35. The number of carbonyl (C=O) groups is 1. The molecule has 1 aliphatic carbocycles. The van der Waals surface area contributed by atoms with E-state index in [1.165, 1.54) is 0 Å². The topological polar surface area (TPSA) is 84.9 Å². The highest BCUT2D eigenvalue weighted by atomic mass is 16.5. The molecule has 0 spiro atoms. The second-order valence-electron chi connectivity index (χ2n) is 4.35. The van der Waals surface area contributed by atoms with E-state index >= 15 is 0 Å². The number of fused-ring (bicyclic) bond motifs is 3. The van der Waals surface area contributed by atoms with Gasteiger partial charge in [-0.15, -0.1) is 0 Å². The van der Waals surface area contributed by atoms with Gasteiger partial charge < -0.3 is 15.2 Å². The van der Waals surface area contributed by atoms with Crippen LogP contribution < -0.4 is 5.73 Å². The van der Waals surface area contributed by atoms with Gasteiger partial charge in [0.2, 0.25) is 0 Å². The molecule has 5 nitrogen and oxygen atoms in total. The maximum absolute atomic E-state index is 11.4. The average molecular weight is 231 g/mol. The van der Waals surface area contributed by atoms with Crippen molar-refractivity contribution in [3.05, 3.63) is 28.7 Å². The van der Waals surface area contributed by atoms with Crippen molar-refractivity contribution in [2.75, 3.05) is 0 Å². The second kappa shape index (κ2) is 3.48. The number of nitrogens with one attached hydrogen (secondary N) is 1. The number of amides is 1. The molecule has 3 rings (SSSR count). The van der Waals surface area contributed by atoms with Gasteiger partial charge in [0, 0.05) is 17.5 Å². The zero-order chi connectivity index (χ0) is 12.0. The normalized spacial score (nSPS) is 13.9. The van der Waals surface area contributed by atoms with E-state index in [1.807, 2.05) is 6.92 Å². The van der Waals surface area contributed by atoms with E-state index < -0.39 is 5.91 Å². The van der Waals surface area contributed by atoms with E-state index in [0.29, 0.717) is 11.3 Å². The largest absolute Gasteiger partial charge is 0.366 e. The van der Waals surface area contributed by atoms with Gasteiger partial charge in [0.1, 0.15) is 0 Å². The van der Waals surface area contributed by atoms with Crippen LogP contribution in [0.25, 0.3) is 11.3 Å². The van der Waals surface area contributed by atoms with Gasteiger partial charge in [0.15, 0.2) is 5.76 Å². The maximum Gasteiger partial charge on any atom is 0.250 e. The number of carbonyl (C=O) groups excluding carboxylic acids is 1. The van der Waals surface area contributed by atoms with Gasteiger partial charge in [-0.05, 0) is 26.2 Å². The molecular formula is C12H13N3O2. The number of hydrogen-bond donors (Lipinski definition) is 2. The van der Waals surface area contributed by atoms with E-state index in [-0.39, 0.29) is 0 Å². The Morgan fingerprint density at radius 1 is 1.53 bits per heavy atom. The van der Waals surface area contributed by atoms with E-state index in [9.17, 15) is 4.79 Å². The number of rotatable bonds is 1. The quantitative estimate of drug-likeness (QED) is 0.781. The SMILES string of the molecule is Cc1noc2c1CCCc1[nH]cc(C(N)=O)c1-2. The van der Waals surface area contributed by atoms with Crippen LogP contribution in [0, 0.1) is 6.92 Å². The molecule has 0 fully saturated rings. The van der Waals surface area contributed by atoms with Gasteiger partial charge in [0.25, 0.3) is 5.91 Å². The molecule has 1 aliphatic rings. The van der Waals surface area contributed by atoms with Gasteiger partial charge in [-0.2, -0.15) is 0 Å². The summed E-state index contributed by atoms with van der Waals surface area (Å²) in [5.41, 5.74) is 9.65. The minimum absolute atomic E-state index is 0.440. The summed E-state index contributed by atoms with van der Waals surface area (Å²) in [6, 6.07) is 0. The molecule has 0 saturated heterocycles. The Balaban J connectivity index is 2.29. The molecule has 2 aromatic rings. The lowest BCUT2D eigenvalue weighted by atomic mass is 10.0. The average Bonchev–Trinajstić information content (AvgIpc) is 2.80. The highest BCUT2D eigenvalue weighted by molar-refractivity contribution is 6.00. The first-order valence-corrected chi connectivity index (χ1v) is 5.64. The summed E-state index contributed by atoms with van der Waals surface area (Å²) in [5.74, 6) is 0.259. The number of primary amides is 1. The van der Waals surface area contributed by atoms with Crippen LogP contribution in [0.15, 0.2) is 10.7 Å². The minimum atomic E-state index is -0.440. The highest BCUT2D eigenvalue weighted by Gasteiger charge is 2.26. The number of aromatic nitrogens is 2. The van der Waals surface area contributed by atoms with Crippen molar-refractivity contribution in [2.24, 2.45) is 5.73 Å². The minimum Gasteiger partial charge on any atom is -0.366 e. The van der Waals surface area contributed by atoms with Crippen molar-refractivity contribution in [3.63, 3.8) is 0 Å². The van der Waals surface area contributed by atoms with Crippen LogP contribution in [0.4, 0.5) is 0 Å². The fraction of sp³-hybridized carbons (Fsp3) is 0.333. The molecule has 1 amide bonds. The first kappa shape index (κ1) is 10.1. The molecule has 17 heavy (non-hydrogen) atoms. The van der Waals surface area contributed by atoms with Gasteiger partial charge in [-0.25, -0.2) is 0 Å². The predicted molar refractivity (Wildman–Crippen MR) is 61.6 cm³/mol. The number of nitrogens with zero attached hydrogens (tertiary/aromatic N) is 1. The Bertz CT molecular complexity index is 595. The maximum atomic E-state index is 11.4. The fourth-order valence-corrected chi connectivity index (χ4v) is 2.44. The Labute approximate surface area is 98.0 Å². The Hall–Kier alpha value is -2.04. The van der Waals surface area contributed by atoms with Crippen molar-refractivity contribution in [3.8, 4) is 11.3 Å². The first-order chi connectivity index (χ1) is 8.18. The third kappa shape index (κ3) is 1.39. The monoisotopic (exact) mass is 231 g/mol. The van der Waals surface area contributed by atoms with Gasteiger partial charge in [0.05, 0.1) is 16.8 Å². The van der Waals surface area contributed by atoms with Crippen molar-refractivity contribution in [1.29, 1.82) is 0 Å². The van der Waals surface area contributed by atoms with Crippen molar-refractivity contribution >= 4 is 5.91 Å². The van der Waals surface area contributed by atoms with Crippen LogP contribution in [0.3, 0.4) is 0 Å². The lowest BCUT2D eigenvalue weighted by Gasteiger charge is -1.99. The van der Waals surface area contributed by atoms with Crippen LogP contribution in [0.5, 0.6) is 0 Å². The molecule has 0 unspecified atom stereocenters.